The fourth-order valence-electron chi connectivity index (χ4n) is 2.65. The second kappa shape index (κ2) is 6.33. The fourth-order valence-corrected chi connectivity index (χ4v) is 2.65. The summed E-state index contributed by atoms with van der Waals surface area (Å²) in [5, 5.41) is 8.83. The molecule has 1 atom stereocenters. The van der Waals surface area contributed by atoms with Gasteiger partial charge in [-0.25, -0.2) is 9.18 Å². The Labute approximate surface area is 118 Å². The summed E-state index contributed by atoms with van der Waals surface area (Å²) < 4.78 is 13.9. The average molecular weight is 280 g/mol. The van der Waals surface area contributed by atoms with Crippen LogP contribution in [0.3, 0.4) is 0 Å². The van der Waals surface area contributed by atoms with Crippen molar-refractivity contribution in [2.24, 2.45) is 0 Å². The van der Waals surface area contributed by atoms with Gasteiger partial charge < -0.3 is 10.0 Å². The van der Waals surface area contributed by atoms with Crippen LogP contribution in [0.5, 0.6) is 0 Å². The lowest BCUT2D eigenvalue weighted by Gasteiger charge is -2.36. The Morgan fingerprint density at radius 2 is 2.25 bits per heavy atom. The number of hydrogen-bond acceptors (Lipinski definition) is 3. The molecule has 20 heavy (non-hydrogen) atoms. The minimum Gasteiger partial charge on any atom is -0.478 e. The summed E-state index contributed by atoms with van der Waals surface area (Å²) in [5.74, 6) is -1.53. The molecule has 1 aliphatic rings. The number of carbonyl (C=O) groups is 1. The van der Waals surface area contributed by atoms with E-state index in [1.165, 1.54) is 12.5 Å². The van der Waals surface area contributed by atoms with Gasteiger partial charge in [-0.05, 0) is 45.6 Å². The quantitative estimate of drug-likeness (QED) is 0.916. The van der Waals surface area contributed by atoms with Gasteiger partial charge in [-0.15, -0.1) is 0 Å². The fraction of sp³-hybridized carbons (Fsp3) is 0.533. The first kappa shape index (κ1) is 14.9. The van der Waals surface area contributed by atoms with Gasteiger partial charge in [0.25, 0.3) is 0 Å². The number of halogens is 1. The number of likely N-dealkylation sites (N-methyl/N-ethyl adjacent to an activating group) is 1. The number of hydrogen-bond donors (Lipinski definition) is 1. The molecule has 0 aromatic heterocycles. The second-order valence-corrected chi connectivity index (χ2v) is 5.61. The Bertz CT molecular complexity index is 491. The van der Waals surface area contributed by atoms with Gasteiger partial charge in [-0.3, -0.25) is 4.90 Å². The number of rotatable bonds is 4. The Morgan fingerprint density at radius 1 is 1.50 bits per heavy atom. The lowest BCUT2D eigenvalue weighted by Crippen LogP contribution is -2.44. The third-order valence-electron chi connectivity index (χ3n) is 3.90. The number of aromatic carboxylic acids is 1. The zero-order valence-electron chi connectivity index (χ0n) is 12.0. The number of likely N-dealkylation sites (tertiary alicyclic amines) is 1. The maximum absolute atomic E-state index is 13.9. The van der Waals surface area contributed by atoms with E-state index in [1.54, 1.807) is 6.07 Å². The monoisotopic (exact) mass is 280 g/mol. The third kappa shape index (κ3) is 3.55. The summed E-state index contributed by atoms with van der Waals surface area (Å²) >= 11 is 0. The van der Waals surface area contributed by atoms with Crippen LogP contribution in [0.15, 0.2) is 18.2 Å². The van der Waals surface area contributed by atoms with E-state index in [1.807, 2.05) is 0 Å². The highest BCUT2D eigenvalue weighted by Crippen LogP contribution is 2.18. The van der Waals surface area contributed by atoms with Gasteiger partial charge in [-0.1, -0.05) is 6.07 Å². The molecule has 1 heterocycles. The largest absolute Gasteiger partial charge is 0.478 e. The van der Waals surface area contributed by atoms with Gasteiger partial charge >= 0.3 is 5.97 Å². The predicted molar refractivity (Wildman–Crippen MR) is 75.3 cm³/mol. The lowest BCUT2D eigenvalue weighted by atomic mass is 10.0. The SMILES string of the molecule is CN(C)C1CCCN(Cc2ccc(C(=O)O)cc2F)C1. The van der Waals surface area contributed by atoms with E-state index in [2.05, 4.69) is 23.9 Å². The predicted octanol–water partition coefficient (Wildman–Crippen LogP) is 2.05. The molecule has 0 bridgehead atoms. The summed E-state index contributed by atoms with van der Waals surface area (Å²) in [6.07, 6.45) is 2.28. The van der Waals surface area contributed by atoms with E-state index in [0.717, 1.165) is 25.6 Å². The summed E-state index contributed by atoms with van der Waals surface area (Å²) in [7, 11) is 4.13. The maximum atomic E-state index is 13.9. The van der Waals surface area contributed by atoms with Crippen LogP contribution in [-0.2, 0) is 6.54 Å². The van der Waals surface area contributed by atoms with Crippen LogP contribution in [-0.4, -0.2) is 54.1 Å². The van der Waals surface area contributed by atoms with Crippen LogP contribution in [0.25, 0.3) is 0 Å². The summed E-state index contributed by atoms with van der Waals surface area (Å²) in [4.78, 5) is 15.2. The van der Waals surface area contributed by atoms with Crippen molar-refractivity contribution < 1.29 is 14.3 Å². The maximum Gasteiger partial charge on any atom is 0.335 e. The number of carboxylic acid groups (broad SMARTS) is 1. The molecule has 2 rings (SSSR count). The van der Waals surface area contributed by atoms with Crippen molar-refractivity contribution in [1.29, 1.82) is 0 Å². The Balaban J connectivity index is 2.04. The van der Waals surface area contributed by atoms with Crippen molar-refractivity contribution in [3.8, 4) is 0 Å². The lowest BCUT2D eigenvalue weighted by molar-refractivity contribution is 0.0696. The molecule has 0 spiro atoms. The topological polar surface area (TPSA) is 43.8 Å². The Hall–Kier alpha value is -1.46. The van der Waals surface area contributed by atoms with Gasteiger partial charge in [-0.2, -0.15) is 0 Å². The molecule has 0 aliphatic carbocycles. The van der Waals surface area contributed by atoms with Crippen LogP contribution in [0.1, 0.15) is 28.8 Å². The first-order valence-electron chi connectivity index (χ1n) is 6.88. The molecule has 1 N–H and O–H groups in total. The standard InChI is InChI=1S/C15H21FN2O2/c1-17(2)13-4-3-7-18(10-13)9-12-6-5-11(15(19)20)8-14(12)16/h5-6,8,13H,3-4,7,9-10H2,1-2H3,(H,19,20). The van der Waals surface area contributed by atoms with Gasteiger partial charge in [0.2, 0.25) is 0 Å². The number of nitrogens with zero attached hydrogens (tertiary/aromatic N) is 2. The molecule has 110 valence electrons. The van der Waals surface area contributed by atoms with E-state index < -0.39 is 11.8 Å². The van der Waals surface area contributed by atoms with E-state index in [9.17, 15) is 9.18 Å². The Kier molecular flexibility index (Phi) is 4.73. The molecule has 1 fully saturated rings. The zero-order chi connectivity index (χ0) is 14.7. The second-order valence-electron chi connectivity index (χ2n) is 5.61. The first-order valence-corrected chi connectivity index (χ1v) is 6.88. The van der Waals surface area contributed by atoms with E-state index >= 15 is 0 Å². The smallest absolute Gasteiger partial charge is 0.335 e. The molecular weight excluding hydrogens is 259 g/mol. The number of carboxylic acids is 1. The molecular formula is C15H21FN2O2. The number of benzene rings is 1. The molecule has 1 unspecified atom stereocenters. The molecule has 5 heteroatoms. The van der Waals surface area contributed by atoms with E-state index in [-0.39, 0.29) is 5.56 Å². The summed E-state index contributed by atoms with van der Waals surface area (Å²) in [5.41, 5.74) is 0.561. The van der Waals surface area contributed by atoms with Crippen molar-refractivity contribution in [3.63, 3.8) is 0 Å². The zero-order valence-corrected chi connectivity index (χ0v) is 12.0. The summed E-state index contributed by atoms with van der Waals surface area (Å²) in [6.45, 7) is 2.42. The van der Waals surface area contributed by atoms with Crippen molar-refractivity contribution >= 4 is 5.97 Å². The molecule has 1 aromatic rings. The van der Waals surface area contributed by atoms with Crippen molar-refractivity contribution in [2.45, 2.75) is 25.4 Å². The molecule has 1 aromatic carbocycles. The van der Waals surface area contributed by atoms with Crippen LogP contribution in [0.2, 0.25) is 0 Å². The number of piperidine rings is 1. The molecule has 0 amide bonds. The van der Waals surface area contributed by atoms with Gasteiger partial charge in [0.1, 0.15) is 5.82 Å². The summed E-state index contributed by atoms with van der Waals surface area (Å²) in [6, 6.07) is 4.65. The minimum atomic E-state index is -1.10. The van der Waals surface area contributed by atoms with E-state index in [4.69, 9.17) is 5.11 Å². The highest BCUT2D eigenvalue weighted by atomic mass is 19.1. The normalized spacial score (nSPS) is 20.3. The van der Waals surface area contributed by atoms with E-state index in [0.29, 0.717) is 18.2 Å². The highest BCUT2D eigenvalue weighted by Gasteiger charge is 2.22. The van der Waals surface area contributed by atoms with Crippen LogP contribution in [0.4, 0.5) is 4.39 Å². The van der Waals surface area contributed by atoms with Crippen LogP contribution < -0.4 is 0 Å². The first-order chi connectivity index (χ1) is 9.47. The van der Waals surface area contributed by atoms with Crippen LogP contribution in [0, 0.1) is 5.82 Å². The van der Waals surface area contributed by atoms with Crippen molar-refractivity contribution in [1.82, 2.24) is 9.80 Å². The minimum absolute atomic E-state index is 0.00365. The van der Waals surface area contributed by atoms with Crippen molar-refractivity contribution in [3.05, 3.63) is 35.1 Å². The molecule has 1 aliphatic heterocycles. The van der Waals surface area contributed by atoms with Gasteiger partial charge in [0.05, 0.1) is 5.56 Å². The molecule has 0 radical (unpaired) electrons. The molecule has 1 saturated heterocycles. The average Bonchev–Trinajstić information content (AvgIpc) is 2.41. The Morgan fingerprint density at radius 3 is 2.85 bits per heavy atom. The van der Waals surface area contributed by atoms with Gasteiger partial charge in [0, 0.05) is 24.7 Å². The molecule has 4 nitrogen and oxygen atoms in total. The van der Waals surface area contributed by atoms with Crippen LogP contribution >= 0.6 is 0 Å². The molecule has 0 saturated carbocycles. The van der Waals surface area contributed by atoms with Crippen molar-refractivity contribution in [2.75, 3.05) is 27.2 Å². The van der Waals surface area contributed by atoms with Gasteiger partial charge in [0.15, 0.2) is 0 Å². The highest BCUT2D eigenvalue weighted by molar-refractivity contribution is 5.87. The third-order valence-corrected chi connectivity index (χ3v) is 3.90.